The maximum absolute atomic E-state index is 13.9. The van der Waals surface area contributed by atoms with Gasteiger partial charge in [-0.25, -0.2) is 13.8 Å². The third-order valence-electron chi connectivity index (χ3n) is 3.38. The smallest absolute Gasteiger partial charge is 0.184 e. The first-order valence-electron chi connectivity index (χ1n) is 5.63. The SMILES string of the molecule is Fc1ccc2nc(CCl)n(C3CCC3)c2c1F. The number of halogens is 3. The van der Waals surface area contributed by atoms with E-state index in [1.54, 1.807) is 4.57 Å². The van der Waals surface area contributed by atoms with E-state index >= 15 is 0 Å². The molecular formula is C12H11ClF2N2. The Morgan fingerprint density at radius 1 is 1.35 bits per heavy atom. The molecule has 2 nitrogen and oxygen atoms in total. The Labute approximate surface area is 102 Å². The van der Waals surface area contributed by atoms with Gasteiger partial charge in [-0.15, -0.1) is 11.6 Å². The minimum Gasteiger partial charge on any atom is -0.321 e. The van der Waals surface area contributed by atoms with Crippen LogP contribution >= 0.6 is 11.6 Å². The highest BCUT2D eigenvalue weighted by atomic mass is 35.5. The molecule has 3 rings (SSSR count). The molecule has 90 valence electrons. The van der Waals surface area contributed by atoms with Crippen molar-refractivity contribution in [1.82, 2.24) is 9.55 Å². The van der Waals surface area contributed by atoms with Crippen molar-refractivity contribution in [3.8, 4) is 0 Å². The number of hydrogen-bond acceptors (Lipinski definition) is 1. The molecule has 17 heavy (non-hydrogen) atoms. The molecule has 0 saturated heterocycles. The van der Waals surface area contributed by atoms with Crippen LogP contribution in [0.25, 0.3) is 11.0 Å². The van der Waals surface area contributed by atoms with Crippen LogP contribution < -0.4 is 0 Å². The van der Waals surface area contributed by atoms with Crippen LogP contribution in [0, 0.1) is 11.6 Å². The highest BCUT2D eigenvalue weighted by Crippen LogP contribution is 2.36. The predicted molar refractivity (Wildman–Crippen MR) is 62.1 cm³/mol. The zero-order chi connectivity index (χ0) is 12.0. The number of alkyl halides is 1. The predicted octanol–water partition coefficient (Wildman–Crippen LogP) is 3.78. The van der Waals surface area contributed by atoms with Crippen LogP contribution in [0.3, 0.4) is 0 Å². The van der Waals surface area contributed by atoms with E-state index in [-0.39, 0.29) is 17.4 Å². The third kappa shape index (κ3) is 1.54. The molecule has 0 atom stereocenters. The van der Waals surface area contributed by atoms with Crippen molar-refractivity contribution in [2.75, 3.05) is 0 Å². The summed E-state index contributed by atoms with van der Waals surface area (Å²) in [6.07, 6.45) is 3.07. The summed E-state index contributed by atoms with van der Waals surface area (Å²) in [5.74, 6) is -0.820. The molecule has 1 aliphatic rings. The summed E-state index contributed by atoms with van der Waals surface area (Å²) in [7, 11) is 0. The van der Waals surface area contributed by atoms with Crippen LogP contribution in [0.15, 0.2) is 12.1 Å². The van der Waals surface area contributed by atoms with Crippen LogP contribution in [-0.4, -0.2) is 9.55 Å². The highest BCUT2D eigenvalue weighted by molar-refractivity contribution is 6.16. The maximum atomic E-state index is 13.9. The molecule has 0 spiro atoms. The Morgan fingerprint density at radius 3 is 2.71 bits per heavy atom. The Hall–Kier alpha value is -1.16. The second-order valence-corrected chi connectivity index (χ2v) is 4.61. The first kappa shape index (κ1) is 11.0. The van der Waals surface area contributed by atoms with E-state index in [2.05, 4.69) is 4.98 Å². The summed E-state index contributed by atoms with van der Waals surface area (Å²) in [5, 5.41) is 0. The van der Waals surface area contributed by atoms with E-state index in [9.17, 15) is 8.78 Å². The van der Waals surface area contributed by atoms with E-state index < -0.39 is 11.6 Å². The number of benzene rings is 1. The topological polar surface area (TPSA) is 17.8 Å². The summed E-state index contributed by atoms with van der Waals surface area (Å²) >= 11 is 5.82. The van der Waals surface area contributed by atoms with E-state index in [4.69, 9.17) is 11.6 Å². The summed E-state index contributed by atoms with van der Waals surface area (Å²) in [5.41, 5.74) is 0.733. The van der Waals surface area contributed by atoms with Gasteiger partial charge in [0.2, 0.25) is 0 Å². The van der Waals surface area contributed by atoms with Gasteiger partial charge in [0.15, 0.2) is 11.6 Å². The van der Waals surface area contributed by atoms with Gasteiger partial charge in [-0.05, 0) is 31.4 Å². The third-order valence-corrected chi connectivity index (χ3v) is 3.61. The molecule has 1 aromatic heterocycles. The Bertz CT molecular complexity index is 575. The van der Waals surface area contributed by atoms with Crippen molar-refractivity contribution in [2.24, 2.45) is 0 Å². The number of fused-ring (bicyclic) bond motifs is 1. The van der Waals surface area contributed by atoms with Gasteiger partial charge in [0.25, 0.3) is 0 Å². The molecule has 1 fully saturated rings. The Morgan fingerprint density at radius 2 is 2.12 bits per heavy atom. The van der Waals surface area contributed by atoms with Crippen molar-refractivity contribution < 1.29 is 8.78 Å². The lowest BCUT2D eigenvalue weighted by atomic mass is 9.92. The summed E-state index contributed by atoms with van der Waals surface area (Å²) in [6, 6.07) is 2.82. The fraction of sp³-hybridized carbons (Fsp3) is 0.417. The fourth-order valence-corrected chi connectivity index (χ4v) is 2.49. The molecule has 2 aromatic rings. The van der Waals surface area contributed by atoms with E-state index in [0.29, 0.717) is 11.3 Å². The van der Waals surface area contributed by atoms with Crippen molar-refractivity contribution in [3.63, 3.8) is 0 Å². The first-order chi connectivity index (χ1) is 8.22. The second-order valence-electron chi connectivity index (χ2n) is 4.35. The van der Waals surface area contributed by atoms with Gasteiger partial charge in [-0.3, -0.25) is 0 Å². The molecule has 0 bridgehead atoms. The van der Waals surface area contributed by atoms with Gasteiger partial charge in [-0.2, -0.15) is 0 Å². The zero-order valence-electron chi connectivity index (χ0n) is 9.09. The quantitative estimate of drug-likeness (QED) is 0.748. The van der Waals surface area contributed by atoms with Crippen LogP contribution in [0.2, 0.25) is 0 Å². The number of aromatic nitrogens is 2. The van der Waals surface area contributed by atoms with E-state index in [1.807, 2.05) is 0 Å². The minimum atomic E-state index is -0.834. The van der Waals surface area contributed by atoms with Crippen molar-refractivity contribution in [2.45, 2.75) is 31.2 Å². The molecule has 1 aliphatic carbocycles. The average Bonchev–Trinajstić information content (AvgIpc) is 2.61. The fourth-order valence-electron chi connectivity index (χ4n) is 2.30. The lowest BCUT2D eigenvalue weighted by Crippen LogP contribution is -2.19. The number of nitrogens with zero attached hydrogens (tertiary/aromatic N) is 2. The molecule has 1 saturated carbocycles. The van der Waals surface area contributed by atoms with Gasteiger partial charge >= 0.3 is 0 Å². The molecule has 0 amide bonds. The van der Waals surface area contributed by atoms with Crippen LogP contribution in [-0.2, 0) is 5.88 Å². The molecule has 0 N–H and O–H groups in total. The number of hydrogen-bond donors (Lipinski definition) is 0. The molecule has 0 radical (unpaired) electrons. The summed E-state index contributed by atoms with van der Waals surface area (Å²) in [6.45, 7) is 0. The van der Waals surface area contributed by atoms with Crippen molar-refractivity contribution in [3.05, 3.63) is 29.6 Å². The summed E-state index contributed by atoms with van der Waals surface area (Å²) in [4.78, 5) is 4.26. The first-order valence-corrected chi connectivity index (χ1v) is 6.16. The average molecular weight is 257 g/mol. The minimum absolute atomic E-state index is 0.213. The van der Waals surface area contributed by atoms with Gasteiger partial charge in [-0.1, -0.05) is 0 Å². The standard InChI is InChI=1S/C12H11ClF2N2/c13-6-10-16-9-5-4-8(14)11(15)12(9)17(10)7-2-1-3-7/h4-5,7H,1-3,6H2. The van der Waals surface area contributed by atoms with Gasteiger partial charge < -0.3 is 4.57 Å². The summed E-state index contributed by atoms with van der Waals surface area (Å²) < 4.78 is 28.9. The monoisotopic (exact) mass is 256 g/mol. The lowest BCUT2D eigenvalue weighted by Gasteiger charge is -2.29. The maximum Gasteiger partial charge on any atom is 0.184 e. The number of imidazole rings is 1. The molecule has 1 aromatic carbocycles. The molecule has 5 heteroatoms. The largest absolute Gasteiger partial charge is 0.321 e. The van der Waals surface area contributed by atoms with Gasteiger partial charge in [0.1, 0.15) is 11.3 Å². The number of rotatable bonds is 2. The van der Waals surface area contributed by atoms with Gasteiger partial charge in [0.05, 0.1) is 11.4 Å². The molecule has 0 unspecified atom stereocenters. The van der Waals surface area contributed by atoms with Crippen LogP contribution in [0.4, 0.5) is 8.78 Å². The van der Waals surface area contributed by atoms with E-state index in [0.717, 1.165) is 25.3 Å². The molecule has 1 heterocycles. The Balaban J connectivity index is 2.31. The van der Waals surface area contributed by atoms with Gasteiger partial charge in [0, 0.05) is 6.04 Å². The van der Waals surface area contributed by atoms with Crippen LogP contribution in [0.5, 0.6) is 0 Å². The zero-order valence-corrected chi connectivity index (χ0v) is 9.84. The normalized spacial score (nSPS) is 16.4. The lowest BCUT2D eigenvalue weighted by molar-refractivity contribution is 0.313. The van der Waals surface area contributed by atoms with Crippen molar-refractivity contribution >= 4 is 22.6 Å². The Kier molecular flexibility index (Phi) is 2.54. The molecule has 0 aliphatic heterocycles. The van der Waals surface area contributed by atoms with E-state index in [1.165, 1.54) is 6.07 Å². The van der Waals surface area contributed by atoms with Crippen LogP contribution in [0.1, 0.15) is 31.1 Å². The highest BCUT2D eigenvalue weighted by Gasteiger charge is 2.26. The van der Waals surface area contributed by atoms with Crippen molar-refractivity contribution in [1.29, 1.82) is 0 Å². The molecular weight excluding hydrogens is 246 g/mol. The second kappa shape index (κ2) is 3.95.